The van der Waals surface area contributed by atoms with Gasteiger partial charge < -0.3 is 4.90 Å². The van der Waals surface area contributed by atoms with Gasteiger partial charge in [0.05, 0.1) is 11.4 Å². The first kappa shape index (κ1) is 21.8. The van der Waals surface area contributed by atoms with Crippen LogP contribution in [0.3, 0.4) is 0 Å². The maximum Gasteiger partial charge on any atom is 0.243 e. The molecule has 0 bridgehead atoms. The second-order valence-electron chi connectivity index (χ2n) is 9.36. The molecule has 2 heterocycles. The van der Waals surface area contributed by atoms with Gasteiger partial charge >= 0.3 is 0 Å². The third-order valence-corrected chi connectivity index (χ3v) is 9.34. The van der Waals surface area contributed by atoms with Crippen molar-refractivity contribution >= 4 is 15.9 Å². The summed E-state index contributed by atoms with van der Waals surface area (Å²) >= 11 is 0. The van der Waals surface area contributed by atoms with E-state index in [-0.39, 0.29) is 5.91 Å². The fourth-order valence-electron chi connectivity index (χ4n) is 5.27. The van der Waals surface area contributed by atoms with Crippen molar-refractivity contribution in [3.63, 3.8) is 0 Å². The second-order valence-corrected chi connectivity index (χ2v) is 11.3. The summed E-state index contributed by atoms with van der Waals surface area (Å²) in [5, 5.41) is 0. The first-order chi connectivity index (χ1) is 14.3. The largest absolute Gasteiger partial charge is 0.341 e. The van der Waals surface area contributed by atoms with Crippen LogP contribution in [0.25, 0.3) is 0 Å². The Hall–Kier alpha value is -1.44. The SMILES string of the molecule is Cc1ccc(S(=O)(=O)N2CCN(CC(=O)N3CC[C@H]4CCCC[C@@H]4C3)CC2)cc1C. The van der Waals surface area contributed by atoms with E-state index in [9.17, 15) is 13.2 Å². The van der Waals surface area contributed by atoms with E-state index in [0.717, 1.165) is 36.6 Å². The average Bonchev–Trinajstić information content (AvgIpc) is 2.75. The van der Waals surface area contributed by atoms with E-state index >= 15 is 0 Å². The highest BCUT2D eigenvalue weighted by molar-refractivity contribution is 7.89. The second kappa shape index (κ2) is 8.97. The number of fused-ring (bicyclic) bond motifs is 1. The molecule has 1 saturated carbocycles. The lowest BCUT2D eigenvalue weighted by Crippen LogP contribution is -2.53. The van der Waals surface area contributed by atoms with Gasteiger partial charge in [-0.1, -0.05) is 25.3 Å². The summed E-state index contributed by atoms with van der Waals surface area (Å²) in [6.45, 7) is 8.23. The molecule has 0 N–H and O–H groups in total. The normalized spacial score (nSPS) is 26.4. The number of hydrogen-bond acceptors (Lipinski definition) is 4. The molecule has 2 aliphatic heterocycles. The van der Waals surface area contributed by atoms with Gasteiger partial charge in [-0.05, 0) is 61.8 Å². The number of carbonyl (C=O) groups is 1. The van der Waals surface area contributed by atoms with E-state index in [0.29, 0.717) is 43.5 Å². The van der Waals surface area contributed by atoms with Gasteiger partial charge in [0.2, 0.25) is 15.9 Å². The Balaban J connectivity index is 1.30. The Labute approximate surface area is 181 Å². The van der Waals surface area contributed by atoms with Gasteiger partial charge in [-0.2, -0.15) is 4.31 Å². The van der Waals surface area contributed by atoms with Gasteiger partial charge in [-0.15, -0.1) is 0 Å². The van der Waals surface area contributed by atoms with Gasteiger partial charge in [-0.3, -0.25) is 9.69 Å². The number of likely N-dealkylation sites (tertiary alicyclic amines) is 1. The number of sulfonamides is 1. The highest BCUT2D eigenvalue weighted by atomic mass is 32.2. The highest BCUT2D eigenvalue weighted by Crippen LogP contribution is 2.36. The Kier molecular flexibility index (Phi) is 6.51. The van der Waals surface area contributed by atoms with Crippen LogP contribution in [0.1, 0.15) is 43.2 Å². The zero-order chi connectivity index (χ0) is 21.3. The summed E-state index contributed by atoms with van der Waals surface area (Å²) in [6, 6.07) is 5.32. The van der Waals surface area contributed by atoms with E-state index in [1.165, 1.54) is 25.7 Å². The maximum atomic E-state index is 13.0. The molecule has 4 rings (SSSR count). The van der Waals surface area contributed by atoms with Crippen molar-refractivity contribution in [1.82, 2.24) is 14.1 Å². The monoisotopic (exact) mass is 433 g/mol. The van der Waals surface area contributed by atoms with Crippen LogP contribution >= 0.6 is 0 Å². The standard InChI is InChI=1S/C23H35N3O3S/c1-18-7-8-22(15-19(18)2)30(28,29)26-13-11-24(12-14-26)17-23(27)25-10-9-20-5-3-4-6-21(20)16-25/h7-8,15,20-21H,3-6,9-14,16-17H2,1-2H3/t20-,21-/m1/s1. The molecule has 0 aromatic heterocycles. The van der Waals surface area contributed by atoms with E-state index in [1.807, 2.05) is 19.9 Å². The molecule has 1 aromatic carbocycles. The van der Waals surface area contributed by atoms with Crippen molar-refractivity contribution in [3.8, 4) is 0 Å². The van der Waals surface area contributed by atoms with Crippen molar-refractivity contribution in [2.45, 2.75) is 50.8 Å². The van der Waals surface area contributed by atoms with Crippen molar-refractivity contribution in [1.29, 1.82) is 0 Å². The highest BCUT2D eigenvalue weighted by Gasteiger charge is 2.34. The molecule has 166 valence electrons. The third kappa shape index (κ3) is 4.58. The van der Waals surface area contributed by atoms with E-state index < -0.39 is 10.0 Å². The van der Waals surface area contributed by atoms with Crippen LogP contribution in [0.4, 0.5) is 0 Å². The summed E-state index contributed by atoms with van der Waals surface area (Å²) in [5.41, 5.74) is 2.08. The molecule has 0 radical (unpaired) electrons. The smallest absolute Gasteiger partial charge is 0.243 e. The van der Waals surface area contributed by atoms with Gasteiger partial charge in [0, 0.05) is 39.3 Å². The van der Waals surface area contributed by atoms with Crippen molar-refractivity contribution in [2.24, 2.45) is 11.8 Å². The Bertz CT molecular complexity index is 878. The van der Waals surface area contributed by atoms with Crippen LogP contribution in [0.2, 0.25) is 0 Å². The van der Waals surface area contributed by atoms with E-state index in [2.05, 4.69) is 9.80 Å². The van der Waals surface area contributed by atoms with Crippen LogP contribution in [-0.2, 0) is 14.8 Å². The number of aryl methyl sites for hydroxylation is 2. The maximum absolute atomic E-state index is 13.0. The molecule has 0 spiro atoms. The van der Waals surface area contributed by atoms with Gasteiger partial charge in [0.15, 0.2) is 0 Å². The lowest BCUT2D eigenvalue weighted by Gasteiger charge is -2.42. The molecule has 30 heavy (non-hydrogen) atoms. The minimum Gasteiger partial charge on any atom is -0.341 e. The number of nitrogens with zero attached hydrogens (tertiary/aromatic N) is 3. The van der Waals surface area contributed by atoms with Crippen LogP contribution in [0.5, 0.6) is 0 Å². The van der Waals surface area contributed by atoms with Crippen LogP contribution in [-0.4, -0.2) is 74.2 Å². The van der Waals surface area contributed by atoms with Gasteiger partial charge in [0.1, 0.15) is 0 Å². The van der Waals surface area contributed by atoms with Crippen molar-refractivity contribution in [3.05, 3.63) is 29.3 Å². The molecule has 2 saturated heterocycles. The fourth-order valence-corrected chi connectivity index (χ4v) is 6.78. The summed E-state index contributed by atoms with van der Waals surface area (Å²) in [5.74, 6) is 1.72. The average molecular weight is 434 g/mol. The lowest BCUT2D eigenvalue weighted by atomic mass is 9.75. The first-order valence-corrected chi connectivity index (χ1v) is 12.9. The van der Waals surface area contributed by atoms with E-state index in [1.54, 1.807) is 16.4 Å². The summed E-state index contributed by atoms with van der Waals surface area (Å²) < 4.78 is 27.5. The Morgan fingerprint density at radius 3 is 2.33 bits per heavy atom. The molecule has 1 aromatic rings. The minimum absolute atomic E-state index is 0.212. The quantitative estimate of drug-likeness (QED) is 0.732. The Morgan fingerprint density at radius 1 is 0.933 bits per heavy atom. The number of rotatable bonds is 4. The fraction of sp³-hybridized carbons (Fsp3) is 0.696. The predicted octanol–water partition coefficient (Wildman–Crippen LogP) is 2.65. The van der Waals surface area contributed by atoms with E-state index in [4.69, 9.17) is 0 Å². The summed E-state index contributed by atoms with van der Waals surface area (Å²) in [7, 11) is -3.48. The number of benzene rings is 1. The molecular weight excluding hydrogens is 398 g/mol. The van der Waals surface area contributed by atoms with Gasteiger partial charge in [0.25, 0.3) is 0 Å². The molecule has 7 heteroatoms. The zero-order valence-corrected chi connectivity index (χ0v) is 19.2. The summed E-state index contributed by atoms with van der Waals surface area (Å²) in [4.78, 5) is 17.4. The van der Waals surface area contributed by atoms with Crippen LogP contribution in [0.15, 0.2) is 23.1 Å². The lowest BCUT2D eigenvalue weighted by molar-refractivity contribution is -0.135. The number of carbonyl (C=O) groups excluding carboxylic acids is 1. The minimum atomic E-state index is -3.48. The predicted molar refractivity (Wildman–Crippen MR) is 118 cm³/mol. The molecule has 1 amide bonds. The number of piperazine rings is 1. The topological polar surface area (TPSA) is 60.9 Å². The van der Waals surface area contributed by atoms with Crippen molar-refractivity contribution < 1.29 is 13.2 Å². The molecular formula is C23H35N3O3S. The number of amides is 1. The molecule has 0 unspecified atom stereocenters. The van der Waals surface area contributed by atoms with Crippen molar-refractivity contribution in [2.75, 3.05) is 45.8 Å². The molecule has 3 fully saturated rings. The van der Waals surface area contributed by atoms with Crippen LogP contribution in [0, 0.1) is 25.7 Å². The zero-order valence-electron chi connectivity index (χ0n) is 18.3. The third-order valence-electron chi connectivity index (χ3n) is 7.45. The Morgan fingerprint density at radius 2 is 1.63 bits per heavy atom. The van der Waals surface area contributed by atoms with Crippen LogP contribution < -0.4 is 0 Å². The number of piperidine rings is 1. The molecule has 2 atom stereocenters. The first-order valence-electron chi connectivity index (χ1n) is 11.4. The molecule has 6 nitrogen and oxygen atoms in total. The summed E-state index contributed by atoms with van der Waals surface area (Å²) in [6.07, 6.45) is 6.41. The molecule has 3 aliphatic rings. The number of hydrogen-bond donors (Lipinski definition) is 0. The van der Waals surface area contributed by atoms with Gasteiger partial charge in [-0.25, -0.2) is 8.42 Å². The molecule has 1 aliphatic carbocycles.